The maximum atomic E-state index is 12.1. The summed E-state index contributed by atoms with van der Waals surface area (Å²) in [6.07, 6.45) is 0.251. The highest BCUT2D eigenvalue weighted by atomic mass is 32.2. The summed E-state index contributed by atoms with van der Waals surface area (Å²) in [5.74, 6) is -1.86. The Morgan fingerprint density at radius 3 is 2.09 bits per heavy atom. The second-order valence-corrected chi connectivity index (χ2v) is 7.94. The molecule has 0 aliphatic rings. The van der Waals surface area contributed by atoms with E-state index < -0.39 is 27.9 Å². The molecule has 0 bridgehead atoms. The molecule has 1 amide bonds. The second-order valence-electron chi connectivity index (χ2n) is 5.79. The first-order valence-corrected chi connectivity index (χ1v) is 8.54. The van der Waals surface area contributed by atoms with E-state index in [4.69, 9.17) is 0 Å². The van der Waals surface area contributed by atoms with Gasteiger partial charge in [0.1, 0.15) is 0 Å². The van der Waals surface area contributed by atoms with Crippen molar-refractivity contribution in [1.29, 1.82) is 0 Å². The molecule has 8 heteroatoms. The zero-order valence-electron chi connectivity index (χ0n) is 13.6. The minimum atomic E-state index is -3.57. The van der Waals surface area contributed by atoms with E-state index in [9.17, 15) is 23.1 Å². The molecule has 0 saturated carbocycles. The molecule has 128 valence electrons. The predicted molar refractivity (Wildman–Crippen MR) is 83.0 cm³/mol. The molecular formula is C15H21N2O5S-. The van der Waals surface area contributed by atoms with E-state index in [1.807, 2.05) is 13.8 Å². The average Bonchev–Trinajstić information content (AvgIpc) is 2.45. The van der Waals surface area contributed by atoms with Crippen molar-refractivity contribution in [2.75, 3.05) is 14.1 Å². The van der Waals surface area contributed by atoms with Crippen molar-refractivity contribution in [2.24, 2.45) is 5.92 Å². The molecule has 0 aromatic heterocycles. The number of amides is 1. The van der Waals surface area contributed by atoms with Crippen molar-refractivity contribution < 1.29 is 23.1 Å². The topological polar surface area (TPSA) is 107 Å². The van der Waals surface area contributed by atoms with Crippen LogP contribution in [0.25, 0.3) is 0 Å². The van der Waals surface area contributed by atoms with Gasteiger partial charge >= 0.3 is 0 Å². The van der Waals surface area contributed by atoms with E-state index in [0.29, 0.717) is 0 Å². The molecule has 0 radical (unpaired) electrons. The Bertz CT molecular complexity index is 666. The van der Waals surface area contributed by atoms with E-state index in [1.54, 1.807) is 0 Å². The van der Waals surface area contributed by atoms with E-state index >= 15 is 0 Å². The molecule has 7 nitrogen and oxygen atoms in total. The van der Waals surface area contributed by atoms with Crippen molar-refractivity contribution in [1.82, 2.24) is 9.62 Å². The number of hydrogen-bond donors (Lipinski definition) is 1. The van der Waals surface area contributed by atoms with Gasteiger partial charge in [-0.1, -0.05) is 13.8 Å². The molecule has 0 aliphatic carbocycles. The summed E-state index contributed by atoms with van der Waals surface area (Å²) in [5, 5.41) is 13.4. The van der Waals surface area contributed by atoms with Crippen LogP contribution in [-0.4, -0.2) is 44.7 Å². The highest BCUT2D eigenvalue weighted by Gasteiger charge is 2.19. The van der Waals surface area contributed by atoms with Crippen LogP contribution in [0.3, 0.4) is 0 Å². The number of carbonyl (C=O) groups is 2. The van der Waals surface area contributed by atoms with Crippen LogP contribution in [0.5, 0.6) is 0 Å². The van der Waals surface area contributed by atoms with Gasteiger partial charge in [0.2, 0.25) is 10.0 Å². The Morgan fingerprint density at radius 1 is 1.17 bits per heavy atom. The third-order valence-corrected chi connectivity index (χ3v) is 5.02. The highest BCUT2D eigenvalue weighted by molar-refractivity contribution is 7.89. The van der Waals surface area contributed by atoms with Gasteiger partial charge in [-0.15, -0.1) is 0 Å². The molecule has 1 aromatic rings. The molecule has 1 aromatic carbocycles. The van der Waals surface area contributed by atoms with Crippen molar-refractivity contribution in [2.45, 2.75) is 31.2 Å². The third-order valence-electron chi connectivity index (χ3n) is 3.19. The number of nitrogens with one attached hydrogen (secondary N) is 1. The standard InChI is InChI=1S/C15H22N2O5S/c1-10(2)9-13(15(19)20)16-14(18)11-5-7-12(8-6-11)23(21,22)17(3)4/h5-8,10,13H,9H2,1-4H3,(H,16,18)(H,19,20)/p-1/t13-/m0/s1. The van der Waals surface area contributed by atoms with Gasteiger partial charge in [-0.2, -0.15) is 0 Å². The summed E-state index contributed by atoms with van der Waals surface area (Å²) in [6.45, 7) is 3.67. The molecule has 0 unspecified atom stereocenters. The Kier molecular flexibility index (Phi) is 6.28. The minimum absolute atomic E-state index is 0.0534. The Balaban J connectivity index is 2.91. The number of carboxylic acids is 1. The maximum Gasteiger partial charge on any atom is 0.251 e. The van der Waals surface area contributed by atoms with Crippen LogP contribution in [0.4, 0.5) is 0 Å². The fourth-order valence-electron chi connectivity index (χ4n) is 1.92. The Hall–Kier alpha value is -1.93. The van der Waals surface area contributed by atoms with Crippen LogP contribution in [0.15, 0.2) is 29.2 Å². The SMILES string of the molecule is CC(C)C[C@H](NC(=O)c1ccc(S(=O)(=O)N(C)C)cc1)C(=O)[O-]. The average molecular weight is 341 g/mol. The van der Waals surface area contributed by atoms with Gasteiger partial charge in [-0.25, -0.2) is 12.7 Å². The Labute approximate surface area is 136 Å². The smallest absolute Gasteiger partial charge is 0.251 e. The van der Waals surface area contributed by atoms with Crippen LogP contribution in [0, 0.1) is 5.92 Å². The largest absolute Gasteiger partial charge is 0.548 e. The number of carbonyl (C=O) groups excluding carboxylic acids is 2. The minimum Gasteiger partial charge on any atom is -0.548 e. The number of aliphatic carboxylic acids is 1. The van der Waals surface area contributed by atoms with E-state index in [2.05, 4.69) is 5.32 Å². The predicted octanol–water partition coefficient (Wildman–Crippen LogP) is -0.169. The number of carboxylic acid groups (broad SMARTS) is 1. The number of hydrogen-bond acceptors (Lipinski definition) is 5. The van der Waals surface area contributed by atoms with Gasteiger partial charge < -0.3 is 15.2 Å². The summed E-state index contributed by atoms with van der Waals surface area (Å²) in [5.41, 5.74) is 0.178. The fourth-order valence-corrected chi connectivity index (χ4v) is 2.82. The first-order valence-electron chi connectivity index (χ1n) is 7.10. The highest BCUT2D eigenvalue weighted by Crippen LogP contribution is 2.14. The van der Waals surface area contributed by atoms with Gasteiger partial charge in [-0.05, 0) is 36.6 Å². The monoisotopic (exact) mass is 341 g/mol. The summed E-state index contributed by atoms with van der Waals surface area (Å²) < 4.78 is 24.9. The van der Waals surface area contributed by atoms with E-state index in [-0.39, 0.29) is 22.8 Å². The lowest BCUT2D eigenvalue weighted by molar-refractivity contribution is -0.308. The molecule has 0 spiro atoms. The molecule has 1 N–H and O–H groups in total. The third kappa shape index (κ3) is 5.04. The van der Waals surface area contributed by atoms with Crippen LogP contribution in [0.1, 0.15) is 30.6 Å². The molecule has 0 fully saturated rings. The van der Waals surface area contributed by atoms with Crippen molar-refractivity contribution in [3.05, 3.63) is 29.8 Å². The number of sulfonamides is 1. The lowest BCUT2D eigenvalue weighted by Gasteiger charge is -2.21. The number of benzene rings is 1. The molecule has 23 heavy (non-hydrogen) atoms. The lowest BCUT2D eigenvalue weighted by Crippen LogP contribution is -2.48. The first-order chi connectivity index (χ1) is 10.6. The van der Waals surface area contributed by atoms with Crippen LogP contribution >= 0.6 is 0 Å². The summed E-state index contributed by atoms with van der Waals surface area (Å²) in [7, 11) is -0.756. The number of rotatable bonds is 7. The van der Waals surface area contributed by atoms with Crippen molar-refractivity contribution in [3.63, 3.8) is 0 Å². The van der Waals surface area contributed by atoms with Gasteiger partial charge in [0.25, 0.3) is 5.91 Å². The van der Waals surface area contributed by atoms with Crippen molar-refractivity contribution in [3.8, 4) is 0 Å². The van der Waals surface area contributed by atoms with Gasteiger partial charge in [0.15, 0.2) is 0 Å². The fraction of sp³-hybridized carbons (Fsp3) is 0.467. The van der Waals surface area contributed by atoms with Gasteiger partial charge in [0, 0.05) is 19.7 Å². The Morgan fingerprint density at radius 2 is 1.70 bits per heavy atom. The number of nitrogens with zero attached hydrogens (tertiary/aromatic N) is 1. The van der Waals surface area contributed by atoms with Crippen molar-refractivity contribution >= 4 is 21.9 Å². The summed E-state index contributed by atoms with van der Waals surface area (Å²) in [6, 6.07) is 4.20. The summed E-state index contributed by atoms with van der Waals surface area (Å²) >= 11 is 0. The van der Waals surface area contributed by atoms with Crippen LogP contribution < -0.4 is 10.4 Å². The van der Waals surface area contributed by atoms with Crippen LogP contribution in [0.2, 0.25) is 0 Å². The van der Waals surface area contributed by atoms with E-state index in [1.165, 1.54) is 38.4 Å². The van der Waals surface area contributed by atoms with Gasteiger partial charge in [-0.3, -0.25) is 4.79 Å². The molecule has 1 rings (SSSR count). The van der Waals surface area contributed by atoms with Gasteiger partial charge in [0.05, 0.1) is 16.9 Å². The zero-order chi connectivity index (χ0) is 17.8. The molecular weight excluding hydrogens is 320 g/mol. The molecule has 1 atom stereocenters. The quantitative estimate of drug-likeness (QED) is 0.741. The maximum absolute atomic E-state index is 12.1. The zero-order valence-corrected chi connectivity index (χ0v) is 14.4. The van der Waals surface area contributed by atoms with E-state index in [0.717, 1.165) is 4.31 Å². The first kappa shape index (κ1) is 19.1. The summed E-state index contributed by atoms with van der Waals surface area (Å²) in [4.78, 5) is 23.2. The molecule has 0 heterocycles. The van der Waals surface area contributed by atoms with Crippen LogP contribution in [-0.2, 0) is 14.8 Å². The molecule has 0 saturated heterocycles. The normalized spacial score (nSPS) is 13.1. The lowest BCUT2D eigenvalue weighted by atomic mass is 10.0. The second kappa shape index (κ2) is 7.56. The molecule has 0 aliphatic heterocycles.